The minimum absolute atomic E-state index is 0.0617. The minimum Gasteiger partial charge on any atom is -0.490 e. The van der Waals surface area contributed by atoms with Crippen LogP contribution in [0.15, 0.2) is 58.4 Å². The lowest BCUT2D eigenvalue weighted by Crippen LogP contribution is -2.39. The Hall–Kier alpha value is -3.79. The molecule has 1 saturated carbocycles. The molecule has 1 amide bonds. The summed E-state index contributed by atoms with van der Waals surface area (Å²) < 4.78 is 39.8. The molecule has 0 bridgehead atoms. The first kappa shape index (κ1) is 28.2. The Balaban J connectivity index is 1.79. The number of aryl methyl sites for hydroxylation is 3. The molecule has 3 aromatic rings. The SMILES string of the molecule is CCS(=O)(=O)c1ccc(Oc2c(C)cccc2C)c(-c2cn(C)c(=O)cc2O[C@H]2CC[C@H](NC(=O)O)CC2)c1. The predicted molar refractivity (Wildman–Crippen MR) is 149 cm³/mol. The fraction of sp³-hybridized carbons (Fsp3) is 0.379. The largest absolute Gasteiger partial charge is 0.490 e. The van der Waals surface area contributed by atoms with Crippen LogP contribution in [-0.2, 0) is 16.9 Å². The number of aromatic nitrogens is 1. The molecule has 0 spiro atoms. The second kappa shape index (κ2) is 11.5. The van der Waals surface area contributed by atoms with E-state index < -0.39 is 15.9 Å². The van der Waals surface area contributed by atoms with Crippen LogP contribution in [-0.4, -0.2) is 42.1 Å². The second-order valence-electron chi connectivity index (χ2n) is 9.93. The first-order valence-corrected chi connectivity index (χ1v) is 14.6. The molecular formula is C29H34N2O7S. The Morgan fingerprint density at radius 1 is 1.03 bits per heavy atom. The Kier molecular flexibility index (Phi) is 8.34. The second-order valence-corrected chi connectivity index (χ2v) is 12.2. The number of para-hydroxylation sites is 1. The molecule has 2 N–H and O–H groups in total. The summed E-state index contributed by atoms with van der Waals surface area (Å²) in [5.41, 5.74) is 2.59. The Morgan fingerprint density at radius 2 is 1.69 bits per heavy atom. The summed E-state index contributed by atoms with van der Waals surface area (Å²) in [6, 6.07) is 11.8. The van der Waals surface area contributed by atoms with Crippen LogP contribution in [0.2, 0.25) is 0 Å². The number of sulfone groups is 1. The van der Waals surface area contributed by atoms with Crippen LogP contribution in [0.25, 0.3) is 11.1 Å². The van der Waals surface area contributed by atoms with Gasteiger partial charge in [0.05, 0.1) is 16.8 Å². The molecule has 0 aliphatic heterocycles. The number of benzene rings is 2. The summed E-state index contributed by atoms with van der Waals surface area (Å²) in [5, 5.41) is 11.5. The zero-order chi connectivity index (χ0) is 28.3. The monoisotopic (exact) mass is 554 g/mol. The fourth-order valence-electron chi connectivity index (χ4n) is 4.83. The van der Waals surface area contributed by atoms with E-state index in [4.69, 9.17) is 14.6 Å². The van der Waals surface area contributed by atoms with Gasteiger partial charge < -0.3 is 24.5 Å². The zero-order valence-corrected chi connectivity index (χ0v) is 23.4. The number of ether oxygens (including phenoxy) is 2. The van der Waals surface area contributed by atoms with Crippen LogP contribution < -0.4 is 20.3 Å². The zero-order valence-electron chi connectivity index (χ0n) is 22.6. The van der Waals surface area contributed by atoms with Gasteiger partial charge in [0.25, 0.3) is 5.56 Å². The number of pyridine rings is 1. The summed E-state index contributed by atoms with van der Waals surface area (Å²) in [5.74, 6) is 1.36. The van der Waals surface area contributed by atoms with E-state index in [0.29, 0.717) is 54.1 Å². The van der Waals surface area contributed by atoms with E-state index in [1.165, 1.54) is 16.7 Å². The maximum absolute atomic E-state index is 12.8. The van der Waals surface area contributed by atoms with Gasteiger partial charge in [-0.3, -0.25) is 4.79 Å². The summed E-state index contributed by atoms with van der Waals surface area (Å²) in [7, 11) is -1.91. The highest BCUT2D eigenvalue weighted by molar-refractivity contribution is 7.91. The molecular weight excluding hydrogens is 520 g/mol. The van der Waals surface area contributed by atoms with Gasteiger partial charge in [-0.2, -0.15) is 0 Å². The van der Waals surface area contributed by atoms with E-state index >= 15 is 0 Å². The average Bonchev–Trinajstić information content (AvgIpc) is 2.89. The van der Waals surface area contributed by atoms with Crippen LogP contribution in [0.5, 0.6) is 17.2 Å². The molecule has 10 heteroatoms. The van der Waals surface area contributed by atoms with Gasteiger partial charge in [0.1, 0.15) is 17.2 Å². The number of hydrogen-bond acceptors (Lipinski definition) is 6. The summed E-state index contributed by atoms with van der Waals surface area (Å²) in [4.78, 5) is 23.8. The lowest BCUT2D eigenvalue weighted by atomic mass is 9.93. The smallest absolute Gasteiger partial charge is 0.404 e. The van der Waals surface area contributed by atoms with Crippen molar-refractivity contribution in [3.8, 4) is 28.4 Å². The van der Waals surface area contributed by atoms with E-state index in [1.54, 1.807) is 32.3 Å². The van der Waals surface area contributed by atoms with Crippen molar-refractivity contribution in [1.29, 1.82) is 0 Å². The van der Waals surface area contributed by atoms with Gasteiger partial charge in [-0.05, 0) is 68.9 Å². The highest BCUT2D eigenvalue weighted by Gasteiger charge is 2.26. The van der Waals surface area contributed by atoms with E-state index in [2.05, 4.69) is 5.32 Å². The van der Waals surface area contributed by atoms with Gasteiger partial charge in [0.15, 0.2) is 9.84 Å². The maximum atomic E-state index is 12.8. The lowest BCUT2D eigenvalue weighted by molar-refractivity contribution is 0.134. The van der Waals surface area contributed by atoms with Crippen molar-refractivity contribution in [3.05, 3.63) is 70.1 Å². The van der Waals surface area contributed by atoms with Gasteiger partial charge in [-0.1, -0.05) is 25.1 Å². The molecule has 1 aliphatic carbocycles. The van der Waals surface area contributed by atoms with E-state index in [-0.39, 0.29) is 28.4 Å². The number of rotatable bonds is 8. The highest BCUT2D eigenvalue weighted by Crippen LogP contribution is 2.41. The van der Waals surface area contributed by atoms with Gasteiger partial charge in [0, 0.05) is 36.5 Å². The molecule has 4 rings (SSSR count). The van der Waals surface area contributed by atoms with Gasteiger partial charge in [0.2, 0.25) is 0 Å². The van der Waals surface area contributed by atoms with Crippen LogP contribution >= 0.6 is 0 Å². The molecule has 1 aliphatic rings. The quantitative estimate of drug-likeness (QED) is 0.392. The van der Waals surface area contributed by atoms with Gasteiger partial charge in [-0.15, -0.1) is 0 Å². The first-order chi connectivity index (χ1) is 18.5. The normalized spacial score (nSPS) is 17.4. The first-order valence-electron chi connectivity index (χ1n) is 13.0. The predicted octanol–water partition coefficient (Wildman–Crippen LogP) is 5.21. The highest BCUT2D eigenvalue weighted by atomic mass is 32.2. The molecule has 0 radical (unpaired) electrons. The molecule has 2 aromatic carbocycles. The Morgan fingerprint density at radius 3 is 2.31 bits per heavy atom. The van der Waals surface area contributed by atoms with Gasteiger partial charge in [-0.25, -0.2) is 13.2 Å². The minimum atomic E-state index is -3.53. The third-order valence-electron chi connectivity index (χ3n) is 7.09. The number of carbonyl (C=O) groups is 1. The van der Waals surface area contributed by atoms with Crippen molar-refractivity contribution >= 4 is 15.9 Å². The molecule has 39 heavy (non-hydrogen) atoms. The Labute approximate surface area is 228 Å². The molecule has 1 heterocycles. The number of nitrogens with one attached hydrogen (secondary N) is 1. The summed E-state index contributed by atoms with van der Waals surface area (Å²) >= 11 is 0. The van der Waals surface area contributed by atoms with Crippen LogP contribution in [0.1, 0.15) is 43.7 Å². The Bertz CT molecular complexity index is 1520. The molecule has 1 aromatic heterocycles. The molecule has 1 fully saturated rings. The number of carboxylic acid groups (broad SMARTS) is 1. The average molecular weight is 555 g/mol. The van der Waals surface area contributed by atoms with Crippen LogP contribution in [0.4, 0.5) is 4.79 Å². The number of amides is 1. The third kappa shape index (κ3) is 6.44. The van der Waals surface area contributed by atoms with E-state index in [1.807, 2.05) is 32.0 Å². The van der Waals surface area contributed by atoms with E-state index in [9.17, 15) is 18.0 Å². The molecule has 0 saturated heterocycles. The topological polar surface area (TPSA) is 124 Å². The van der Waals surface area contributed by atoms with Crippen molar-refractivity contribution < 1.29 is 27.8 Å². The molecule has 0 unspecified atom stereocenters. The summed E-state index contributed by atoms with van der Waals surface area (Å²) in [6.45, 7) is 5.47. The molecule has 0 atom stereocenters. The summed E-state index contributed by atoms with van der Waals surface area (Å²) in [6.07, 6.45) is 2.79. The van der Waals surface area contributed by atoms with Crippen molar-refractivity contribution in [1.82, 2.24) is 9.88 Å². The lowest BCUT2D eigenvalue weighted by Gasteiger charge is -2.29. The number of nitrogens with zero attached hydrogens (tertiary/aromatic N) is 1. The number of hydrogen-bond donors (Lipinski definition) is 2. The fourth-order valence-corrected chi connectivity index (χ4v) is 5.74. The maximum Gasteiger partial charge on any atom is 0.404 e. The van der Waals surface area contributed by atoms with Crippen LogP contribution in [0, 0.1) is 13.8 Å². The van der Waals surface area contributed by atoms with E-state index in [0.717, 1.165) is 11.1 Å². The third-order valence-corrected chi connectivity index (χ3v) is 8.82. The van der Waals surface area contributed by atoms with Crippen molar-refractivity contribution in [2.75, 3.05) is 5.75 Å². The van der Waals surface area contributed by atoms with Crippen molar-refractivity contribution in [3.63, 3.8) is 0 Å². The van der Waals surface area contributed by atoms with Crippen molar-refractivity contribution in [2.24, 2.45) is 7.05 Å². The molecule has 208 valence electrons. The van der Waals surface area contributed by atoms with Crippen LogP contribution in [0.3, 0.4) is 0 Å². The standard InChI is InChI=1S/C29H34N2O7S/c1-5-39(35,36)22-13-14-25(38-28-18(2)7-6-8-19(28)3)23(15-22)24-17-31(4)27(32)16-26(24)37-21-11-9-20(10-12-21)30-29(33)34/h6-8,13-17,20-21,30H,5,9-12H2,1-4H3,(H,33,34)/t20-,21-. The molecule has 9 nitrogen and oxygen atoms in total. The van der Waals surface area contributed by atoms with Gasteiger partial charge >= 0.3 is 6.09 Å². The van der Waals surface area contributed by atoms with Crippen molar-refractivity contribution in [2.45, 2.75) is 63.5 Å².